The summed E-state index contributed by atoms with van der Waals surface area (Å²) in [6.45, 7) is 5.49. The zero-order chi connectivity index (χ0) is 10.9. The fraction of sp³-hybridized carbons (Fsp3) is 0.750. The van der Waals surface area contributed by atoms with E-state index < -0.39 is 5.97 Å². The van der Waals surface area contributed by atoms with E-state index in [1.807, 2.05) is 13.8 Å². The molecule has 0 aromatic carbocycles. The Bertz CT molecular complexity index is 152. The van der Waals surface area contributed by atoms with Crippen molar-refractivity contribution in [3.8, 4) is 0 Å². The molecule has 0 aromatic heterocycles. The van der Waals surface area contributed by atoms with Crippen LogP contribution in [-0.4, -0.2) is 29.5 Å². The van der Waals surface area contributed by atoms with Gasteiger partial charge < -0.3 is 9.84 Å². The summed E-state index contributed by atoms with van der Waals surface area (Å²) < 4.78 is 4.68. The lowest BCUT2D eigenvalue weighted by molar-refractivity contribution is -0.141. The van der Waals surface area contributed by atoms with Gasteiger partial charge in [-0.05, 0) is 5.92 Å². The van der Waals surface area contributed by atoms with Gasteiger partial charge in [-0.1, -0.05) is 13.8 Å². The molecule has 4 nitrogen and oxygen atoms in total. The third-order valence-corrected chi connectivity index (χ3v) is 0.905. The second-order valence-corrected chi connectivity index (χ2v) is 3.00. The Balaban J connectivity index is 0. The Kier molecular flexibility index (Phi) is 10.6. The first-order valence-electron chi connectivity index (χ1n) is 3.81. The topological polar surface area (TPSA) is 63.6 Å². The molecule has 13 heavy (non-hydrogen) atoms. The van der Waals surface area contributed by atoms with Crippen LogP contribution in [0.2, 0.25) is 0 Å². The minimum atomic E-state index is -0.833. The maximum atomic E-state index is 10.4. The molecule has 5 heteroatoms. The van der Waals surface area contributed by atoms with Crippen molar-refractivity contribution >= 4 is 23.5 Å². The van der Waals surface area contributed by atoms with Crippen LogP contribution in [-0.2, 0) is 14.3 Å². The Morgan fingerprint density at radius 1 is 1.46 bits per heavy atom. The van der Waals surface area contributed by atoms with E-state index in [1.165, 1.54) is 0 Å². The van der Waals surface area contributed by atoms with Gasteiger partial charge in [-0.15, -0.1) is 11.6 Å². The highest BCUT2D eigenvalue weighted by atomic mass is 35.5. The third-order valence-electron chi connectivity index (χ3n) is 0.687. The molecule has 0 aliphatic heterocycles. The summed E-state index contributed by atoms with van der Waals surface area (Å²) in [5, 5.41) is 7.42. The van der Waals surface area contributed by atoms with Gasteiger partial charge >= 0.3 is 5.97 Å². The average Bonchev–Trinajstić information content (AvgIpc) is 1.99. The van der Waals surface area contributed by atoms with Crippen LogP contribution in [0, 0.1) is 5.92 Å². The number of aliphatic carboxylic acids is 1. The van der Waals surface area contributed by atoms with Gasteiger partial charge in [0, 0.05) is 6.92 Å². The van der Waals surface area contributed by atoms with Crippen molar-refractivity contribution in [2.75, 3.05) is 12.5 Å². The predicted octanol–water partition coefficient (Wildman–Crippen LogP) is 1.52. The van der Waals surface area contributed by atoms with Gasteiger partial charge in [-0.3, -0.25) is 9.59 Å². The summed E-state index contributed by atoms with van der Waals surface area (Å²) in [5.74, 6) is -0.838. The number of carbonyl (C=O) groups excluding carboxylic acids is 1. The molecule has 0 fully saturated rings. The monoisotopic (exact) mass is 210 g/mol. The number of rotatable bonds is 3. The number of halogens is 1. The first-order chi connectivity index (χ1) is 5.90. The normalized spacial score (nSPS) is 8.69. The fourth-order valence-corrected chi connectivity index (χ4v) is 0.375. The number of carboxylic acid groups (broad SMARTS) is 1. The molecule has 0 saturated carbocycles. The summed E-state index contributed by atoms with van der Waals surface area (Å²) in [5.41, 5.74) is 0. The van der Waals surface area contributed by atoms with Crippen molar-refractivity contribution in [3.05, 3.63) is 0 Å². The molecule has 0 aliphatic rings. The highest BCUT2D eigenvalue weighted by molar-refractivity contribution is 6.26. The number of alkyl halides is 1. The van der Waals surface area contributed by atoms with Gasteiger partial charge in [0.15, 0.2) is 0 Å². The molecule has 78 valence electrons. The molecule has 0 spiro atoms. The van der Waals surface area contributed by atoms with E-state index in [9.17, 15) is 4.79 Å². The van der Waals surface area contributed by atoms with E-state index >= 15 is 0 Å². The zero-order valence-electron chi connectivity index (χ0n) is 8.04. The first-order valence-corrected chi connectivity index (χ1v) is 4.34. The lowest BCUT2D eigenvalue weighted by Gasteiger charge is -2.03. The first kappa shape index (κ1) is 14.7. The standard InChI is InChI=1S/C6H11ClO2.C2H4O2/c1-5(2)4-9-6(8)3-7;1-2(3)4/h5H,3-4H2,1-2H3;1H3,(H,3,4). The highest BCUT2D eigenvalue weighted by Crippen LogP contribution is 1.93. The molecule has 0 atom stereocenters. The van der Waals surface area contributed by atoms with E-state index in [-0.39, 0.29) is 11.8 Å². The minimum absolute atomic E-state index is 0.0489. The molecule has 0 bridgehead atoms. The quantitative estimate of drug-likeness (QED) is 0.567. The Hall–Kier alpha value is -0.770. The Morgan fingerprint density at radius 3 is 2.08 bits per heavy atom. The van der Waals surface area contributed by atoms with Crippen LogP contribution in [0.1, 0.15) is 20.8 Å². The van der Waals surface area contributed by atoms with Crippen LogP contribution < -0.4 is 0 Å². The third kappa shape index (κ3) is 24.6. The van der Waals surface area contributed by atoms with Crippen LogP contribution in [0.25, 0.3) is 0 Å². The van der Waals surface area contributed by atoms with Crippen molar-refractivity contribution in [2.24, 2.45) is 5.92 Å². The molecule has 0 heterocycles. The fourth-order valence-electron chi connectivity index (χ4n) is 0.298. The van der Waals surface area contributed by atoms with Crippen molar-refractivity contribution < 1.29 is 19.4 Å². The van der Waals surface area contributed by atoms with Crippen molar-refractivity contribution in [2.45, 2.75) is 20.8 Å². The van der Waals surface area contributed by atoms with Crippen LogP contribution in [0.5, 0.6) is 0 Å². The minimum Gasteiger partial charge on any atom is -0.481 e. The molecule has 0 aromatic rings. The summed E-state index contributed by atoms with van der Waals surface area (Å²) in [4.78, 5) is 19.4. The highest BCUT2D eigenvalue weighted by Gasteiger charge is 1.99. The number of carboxylic acids is 1. The summed E-state index contributed by atoms with van der Waals surface area (Å²) >= 11 is 5.16. The molecule has 0 rings (SSSR count). The maximum Gasteiger partial charge on any atom is 0.320 e. The van der Waals surface area contributed by atoms with Gasteiger partial charge in [-0.2, -0.15) is 0 Å². The van der Waals surface area contributed by atoms with Crippen LogP contribution in [0.15, 0.2) is 0 Å². The molecule has 0 saturated heterocycles. The van der Waals surface area contributed by atoms with Crippen molar-refractivity contribution in [1.29, 1.82) is 0 Å². The zero-order valence-corrected chi connectivity index (χ0v) is 8.80. The lowest BCUT2D eigenvalue weighted by atomic mass is 10.2. The predicted molar refractivity (Wildman–Crippen MR) is 49.8 cm³/mol. The van der Waals surface area contributed by atoms with E-state index in [0.29, 0.717) is 12.5 Å². The molecular weight excluding hydrogens is 196 g/mol. The molecule has 0 unspecified atom stereocenters. The van der Waals surface area contributed by atoms with Crippen LogP contribution in [0.4, 0.5) is 0 Å². The molecule has 0 radical (unpaired) electrons. The van der Waals surface area contributed by atoms with Crippen LogP contribution >= 0.6 is 11.6 Å². The van der Waals surface area contributed by atoms with Crippen molar-refractivity contribution in [1.82, 2.24) is 0 Å². The molecule has 0 aliphatic carbocycles. The smallest absolute Gasteiger partial charge is 0.320 e. The van der Waals surface area contributed by atoms with Gasteiger partial charge in [0.1, 0.15) is 5.88 Å². The van der Waals surface area contributed by atoms with Crippen molar-refractivity contribution in [3.63, 3.8) is 0 Å². The molecule has 0 amide bonds. The summed E-state index contributed by atoms with van der Waals surface area (Å²) in [7, 11) is 0. The van der Waals surface area contributed by atoms with E-state index in [0.717, 1.165) is 6.92 Å². The van der Waals surface area contributed by atoms with E-state index in [1.54, 1.807) is 0 Å². The molecular formula is C8H15ClO4. The number of esters is 1. The van der Waals surface area contributed by atoms with E-state index in [2.05, 4.69) is 4.74 Å². The summed E-state index contributed by atoms with van der Waals surface area (Å²) in [6.07, 6.45) is 0. The largest absolute Gasteiger partial charge is 0.481 e. The Labute approximate surface area is 82.8 Å². The maximum absolute atomic E-state index is 10.4. The summed E-state index contributed by atoms with van der Waals surface area (Å²) in [6, 6.07) is 0. The Morgan fingerprint density at radius 2 is 1.85 bits per heavy atom. The van der Waals surface area contributed by atoms with E-state index in [4.69, 9.17) is 21.5 Å². The number of hydrogen-bond donors (Lipinski definition) is 1. The second kappa shape index (κ2) is 9.32. The van der Waals surface area contributed by atoms with Gasteiger partial charge in [0.25, 0.3) is 5.97 Å². The number of carbonyl (C=O) groups is 2. The van der Waals surface area contributed by atoms with Gasteiger partial charge in [0.05, 0.1) is 6.61 Å². The number of hydrogen-bond acceptors (Lipinski definition) is 3. The van der Waals surface area contributed by atoms with Gasteiger partial charge in [-0.25, -0.2) is 0 Å². The number of ether oxygens (including phenoxy) is 1. The SMILES string of the molecule is CC(=O)O.CC(C)COC(=O)CCl. The van der Waals surface area contributed by atoms with Gasteiger partial charge in [0.2, 0.25) is 0 Å². The lowest BCUT2D eigenvalue weighted by Crippen LogP contribution is -2.10. The second-order valence-electron chi connectivity index (χ2n) is 2.73. The molecule has 1 N–H and O–H groups in total. The van der Waals surface area contributed by atoms with Crippen LogP contribution in [0.3, 0.4) is 0 Å². The average molecular weight is 211 g/mol.